The van der Waals surface area contributed by atoms with Gasteiger partial charge in [-0.2, -0.15) is 0 Å². The van der Waals surface area contributed by atoms with Crippen molar-refractivity contribution in [3.63, 3.8) is 0 Å². The van der Waals surface area contributed by atoms with E-state index in [1.54, 1.807) is 13.1 Å². The first-order valence-electron chi connectivity index (χ1n) is 7.42. The number of halogens is 2. The number of fused-ring (bicyclic) bond motifs is 1. The summed E-state index contributed by atoms with van der Waals surface area (Å²) >= 11 is 3.25. The Bertz CT molecular complexity index is 767. The summed E-state index contributed by atoms with van der Waals surface area (Å²) in [4.78, 5) is 4.14. The first-order chi connectivity index (χ1) is 11.7. The lowest BCUT2D eigenvalue weighted by Crippen LogP contribution is -2.36. The van der Waals surface area contributed by atoms with E-state index in [4.69, 9.17) is 9.47 Å². The molecular formula is C17H17BrFN3O2. The molecule has 7 heteroatoms. The largest absolute Gasteiger partial charge is 0.454 e. The fraction of sp³-hybridized carbons (Fsp3) is 0.235. The number of ether oxygens (including phenoxy) is 2. The van der Waals surface area contributed by atoms with Gasteiger partial charge in [0.2, 0.25) is 6.79 Å². The van der Waals surface area contributed by atoms with Gasteiger partial charge in [-0.05, 0) is 29.8 Å². The van der Waals surface area contributed by atoms with Crippen molar-refractivity contribution in [2.45, 2.75) is 13.1 Å². The second-order valence-electron chi connectivity index (χ2n) is 5.20. The fourth-order valence-corrected chi connectivity index (χ4v) is 2.63. The highest BCUT2D eigenvalue weighted by atomic mass is 79.9. The number of aliphatic imine (C=N–C) groups is 1. The third kappa shape index (κ3) is 3.97. The topological polar surface area (TPSA) is 54.9 Å². The van der Waals surface area contributed by atoms with Crippen LogP contribution < -0.4 is 20.1 Å². The van der Waals surface area contributed by atoms with Crippen LogP contribution in [0.15, 0.2) is 45.9 Å². The minimum absolute atomic E-state index is 0.258. The number of hydrogen-bond acceptors (Lipinski definition) is 3. The maximum absolute atomic E-state index is 13.8. The Kier molecular flexibility index (Phi) is 5.20. The summed E-state index contributed by atoms with van der Waals surface area (Å²) < 4.78 is 25.2. The molecule has 0 fully saturated rings. The molecule has 0 saturated carbocycles. The van der Waals surface area contributed by atoms with Crippen LogP contribution in [0, 0.1) is 5.82 Å². The van der Waals surface area contributed by atoms with Crippen molar-refractivity contribution in [3.05, 3.63) is 57.8 Å². The molecular weight excluding hydrogens is 377 g/mol. The molecule has 0 saturated heterocycles. The molecule has 0 bridgehead atoms. The summed E-state index contributed by atoms with van der Waals surface area (Å²) in [5.41, 5.74) is 1.61. The zero-order valence-corrected chi connectivity index (χ0v) is 14.7. The Morgan fingerprint density at radius 1 is 1.12 bits per heavy atom. The summed E-state index contributed by atoms with van der Waals surface area (Å²) in [6, 6.07) is 10.8. The van der Waals surface area contributed by atoms with Gasteiger partial charge in [0, 0.05) is 30.2 Å². The summed E-state index contributed by atoms with van der Waals surface area (Å²) in [5.74, 6) is 1.83. The van der Waals surface area contributed by atoms with Crippen LogP contribution in [0.3, 0.4) is 0 Å². The lowest BCUT2D eigenvalue weighted by molar-refractivity contribution is 0.174. The number of nitrogens with zero attached hydrogens (tertiary/aromatic N) is 1. The Morgan fingerprint density at radius 2 is 1.92 bits per heavy atom. The van der Waals surface area contributed by atoms with Gasteiger partial charge < -0.3 is 20.1 Å². The van der Waals surface area contributed by atoms with Gasteiger partial charge in [0.05, 0.1) is 0 Å². The molecule has 0 atom stereocenters. The second-order valence-corrected chi connectivity index (χ2v) is 6.12. The first kappa shape index (κ1) is 16.6. The van der Waals surface area contributed by atoms with Crippen LogP contribution in [0.1, 0.15) is 11.1 Å². The maximum Gasteiger partial charge on any atom is 0.231 e. The Morgan fingerprint density at radius 3 is 2.71 bits per heavy atom. The van der Waals surface area contributed by atoms with E-state index in [-0.39, 0.29) is 12.6 Å². The van der Waals surface area contributed by atoms with E-state index in [1.165, 1.54) is 6.07 Å². The lowest BCUT2D eigenvalue weighted by atomic mass is 10.2. The van der Waals surface area contributed by atoms with Gasteiger partial charge in [-0.15, -0.1) is 0 Å². The highest BCUT2D eigenvalue weighted by Crippen LogP contribution is 2.32. The SMILES string of the molecule is CN=C(NCc1ccc2c(c1)OCO2)NCc1ccc(Br)cc1F. The predicted octanol–water partition coefficient (Wildman–Crippen LogP) is 3.18. The van der Waals surface area contributed by atoms with E-state index in [9.17, 15) is 4.39 Å². The van der Waals surface area contributed by atoms with Crippen LogP contribution >= 0.6 is 15.9 Å². The van der Waals surface area contributed by atoms with Gasteiger partial charge in [0.25, 0.3) is 0 Å². The Balaban J connectivity index is 1.55. The highest BCUT2D eigenvalue weighted by molar-refractivity contribution is 9.10. The molecule has 24 heavy (non-hydrogen) atoms. The van der Waals surface area contributed by atoms with E-state index >= 15 is 0 Å². The van der Waals surface area contributed by atoms with Crippen LogP contribution in [-0.2, 0) is 13.1 Å². The van der Waals surface area contributed by atoms with E-state index in [0.717, 1.165) is 17.1 Å². The molecule has 0 amide bonds. The molecule has 0 radical (unpaired) electrons. The first-order valence-corrected chi connectivity index (χ1v) is 8.22. The van der Waals surface area contributed by atoms with Gasteiger partial charge in [0.1, 0.15) is 5.82 Å². The van der Waals surface area contributed by atoms with E-state index in [2.05, 4.69) is 31.6 Å². The van der Waals surface area contributed by atoms with Crippen molar-refractivity contribution in [1.82, 2.24) is 10.6 Å². The monoisotopic (exact) mass is 393 g/mol. The zero-order chi connectivity index (χ0) is 16.9. The molecule has 1 heterocycles. The van der Waals surface area contributed by atoms with Crippen LogP contribution in [0.25, 0.3) is 0 Å². The Hall–Kier alpha value is -2.28. The molecule has 2 aromatic carbocycles. The summed E-state index contributed by atoms with van der Waals surface area (Å²) in [6.07, 6.45) is 0. The predicted molar refractivity (Wildman–Crippen MR) is 93.7 cm³/mol. The van der Waals surface area contributed by atoms with Crippen molar-refractivity contribution in [2.24, 2.45) is 4.99 Å². The molecule has 1 aliphatic rings. The van der Waals surface area contributed by atoms with Gasteiger partial charge >= 0.3 is 0 Å². The molecule has 126 valence electrons. The molecule has 5 nitrogen and oxygen atoms in total. The average molecular weight is 394 g/mol. The summed E-state index contributed by atoms with van der Waals surface area (Å²) in [7, 11) is 1.67. The number of hydrogen-bond donors (Lipinski definition) is 2. The standard InChI is InChI=1S/C17H17BrFN3O2/c1-20-17(22-9-12-3-4-13(18)7-14(12)19)21-8-11-2-5-15-16(6-11)24-10-23-15/h2-7H,8-10H2,1H3,(H2,20,21,22). The van der Waals surface area contributed by atoms with E-state index in [1.807, 2.05) is 24.3 Å². The van der Waals surface area contributed by atoms with E-state index < -0.39 is 0 Å². The van der Waals surface area contributed by atoms with Gasteiger partial charge in [-0.3, -0.25) is 4.99 Å². The molecule has 1 aliphatic heterocycles. The van der Waals surface area contributed by atoms with Crippen molar-refractivity contribution >= 4 is 21.9 Å². The third-order valence-corrected chi connectivity index (χ3v) is 4.08. The summed E-state index contributed by atoms with van der Waals surface area (Å²) in [6.45, 7) is 1.17. The molecule has 0 spiro atoms. The van der Waals surface area contributed by atoms with Crippen LogP contribution in [0.4, 0.5) is 4.39 Å². The van der Waals surface area contributed by atoms with E-state index in [0.29, 0.717) is 29.1 Å². The lowest BCUT2D eigenvalue weighted by Gasteiger charge is -2.13. The smallest absolute Gasteiger partial charge is 0.231 e. The summed E-state index contributed by atoms with van der Waals surface area (Å²) in [5, 5.41) is 6.29. The molecule has 0 aliphatic carbocycles. The van der Waals surface area contributed by atoms with Gasteiger partial charge in [0.15, 0.2) is 17.5 Å². The number of nitrogens with one attached hydrogen (secondary N) is 2. The minimum Gasteiger partial charge on any atom is -0.454 e. The van der Waals surface area contributed by atoms with Crippen molar-refractivity contribution < 1.29 is 13.9 Å². The zero-order valence-electron chi connectivity index (χ0n) is 13.1. The second kappa shape index (κ2) is 7.53. The molecule has 2 aromatic rings. The fourth-order valence-electron chi connectivity index (χ4n) is 2.30. The van der Waals surface area contributed by atoms with Crippen molar-refractivity contribution in [3.8, 4) is 11.5 Å². The van der Waals surface area contributed by atoms with Crippen molar-refractivity contribution in [2.75, 3.05) is 13.8 Å². The molecule has 3 rings (SSSR count). The third-order valence-electron chi connectivity index (χ3n) is 3.58. The molecule has 0 aromatic heterocycles. The highest BCUT2D eigenvalue weighted by Gasteiger charge is 2.13. The van der Waals surface area contributed by atoms with Crippen LogP contribution in [0.5, 0.6) is 11.5 Å². The van der Waals surface area contributed by atoms with Gasteiger partial charge in [-0.25, -0.2) is 4.39 Å². The Labute approximate surface area is 148 Å². The number of rotatable bonds is 4. The normalized spacial score (nSPS) is 13.0. The molecule has 2 N–H and O–H groups in total. The molecule has 0 unspecified atom stereocenters. The number of benzene rings is 2. The maximum atomic E-state index is 13.8. The van der Waals surface area contributed by atoms with Gasteiger partial charge in [-0.1, -0.05) is 28.1 Å². The minimum atomic E-state index is -0.261. The van der Waals surface area contributed by atoms with Crippen molar-refractivity contribution in [1.29, 1.82) is 0 Å². The van der Waals surface area contributed by atoms with Crippen LogP contribution in [0.2, 0.25) is 0 Å². The quantitative estimate of drug-likeness (QED) is 0.618. The van der Waals surface area contributed by atoms with Crippen LogP contribution in [-0.4, -0.2) is 19.8 Å². The average Bonchev–Trinajstić information content (AvgIpc) is 3.04. The number of guanidine groups is 1.